The van der Waals surface area contributed by atoms with E-state index in [4.69, 9.17) is 9.47 Å². The first-order valence-corrected chi connectivity index (χ1v) is 13.0. The number of aliphatic carboxylic acids is 1. The maximum atomic E-state index is 13.1. The van der Waals surface area contributed by atoms with Gasteiger partial charge in [-0.3, -0.25) is 0 Å². The van der Waals surface area contributed by atoms with Crippen molar-refractivity contribution in [3.63, 3.8) is 0 Å². The smallest absolute Gasteiger partial charge is 0.416 e. The van der Waals surface area contributed by atoms with Crippen molar-refractivity contribution in [1.29, 1.82) is 0 Å². The molecular formula is C32H31F3N2O4. The molecule has 1 N–H and O–H groups in total. The molecule has 41 heavy (non-hydrogen) atoms. The predicted octanol–water partition coefficient (Wildman–Crippen LogP) is 7.27. The predicted molar refractivity (Wildman–Crippen MR) is 151 cm³/mol. The number of halogens is 3. The summed E-state index contributed by atoms with van der Waals surface area (Å²) in [6.07, 6.45) is -2.01. The summed E-state index contributed by atoms with van der Waals surface area (Å²) < 4.78 is 50.0. The van der Waals surface area contributed by atoms with E-state index in [2.05, 4.69) is 4.98 Å². The van der Waals surface area contributed by atoms with Crippen LogP contribution < -0.4 is 14.4 Å². The van der Waals surface area contributed by atoms with E-state index in [0.717, 1.165) is 40.1 Å². The Morgan fingerprint density at radius 2 is 1.41 bits per heavy atom. The van der Waals surface area contributed by atoms with Crippen LogP contribution in [0.2, 0.25) is 0 Å². The number of ether oxygens (including phenoxy) is 2. The fourth-order valence-electron chi connectivity index (χ4n) is 4.15. The monoisotopic (exact) mass is 564 g/mol. The van der Waals surface area contributed by atoms with Crippen LogP contribution in [0.5, 0.6) is 11.5 Å². The van der Waals surface area contributed by atoms with Crippen LogP contribution in [0.1, 0.15) is 30.5 Å². The third kappa shape index (κ3) is 7.78. The summed E-state index contributed by atoms with van der Waals surface area (Å²) in [5, 5.41) is 9.29. The Kier molecular flexibility index (Phi) is 8.86. The molecule has 0 fully saturated rings. The Balaban J connectivity index is 1.52. The topological polar surface area (TPSA) is 71.9 Å². The molecule has 214 valence electrons. The van der Waals surface area contributed by atoms with Crippen LogP contribution in [0.3, 0.4) is 0 Å². The molecule has 6 nitrogen and oxygen atoms in total. The largest absolute Gasteiger partial charge is 0.497 e. The zero-order valence-corrected chi connectivity index (χ0v) is 23.0. The molecule has 0 atom stereocenters. The Morgan fingerprint density at radius 1 is 0.829 bits per heavy atom. The van der Waals surface area contributed by atoms with E-state index in [9.17, 15) is 23.1 Å². The van der Waals surface area contributed by atoms with Crippen molar-refractivity contribution < 1.29 is 32.5 Å². The number of alkyl halides is 3. The van der Waals surface area contributed by atoms with E-state index < -0.39 is 23.3 Å². The highest BCUT2D eigenvalue weighted by Crippen LogP contribution is 2.30. The number of aromatic nitrogens is 1. The summed E-state index contributed by atoms with van der Waals surface area (Å²) in [7, 11) is 1.61. The van der Waals surface area contributed by atoms with Gasteiger partial charge in [-0.15, -0.1) is 0 Å². The summed E-state index contributed by atoms with van der Waals surface area (Å²) in [5.74, 6) is 0.820. The van der Waals surface area contributed by atoms with E-state index in [1.807, 2.05) is 53.4 Å². The number of methoxy groups -OCH3 is 1. The van der Waals surface area contributed by atoms with E-state index in [-0.39, 0.29) is 0 Å². The van der Waals surface area contributed by atoms with Crippen molar-refractivity contribution in [3.05, 3.63) is 108 Å². The second kappa shape index (κ2) is 12.3. The van der Waals surface area contributed by atoms with Gasteiger partial charge in [0.1, 0.15) is 17.3 Å². The zero-order valence-electron chi connectivity index (χ0n) is 23.0. The van der Waals surface area contributed by atoms with E-state index in [1.165, 1.54) is 26.0 Å². The van der Waals surface area contributed by atoms with Gasteiger partial charge in [0, 0.05) is 24.8 Å². The minimum absolute atomic E-state index is 0.362. The zero-order chi connectivity index (χ0) is 29.6. The van der Waals surface area contributed by atoms with Gasteiger partial charge in [-0.1, -0.05) is 36.4 Å². The molecular weight excluding hydrogens is 533 g/mol. The number of benzene rings is 3. The number of hydrogen-bond donors (Lipinski definition) is 1. The van der Waals surface area contributed by atoms with Crippen LogP contribution in [-0.4, -0.2) is 35.3 Å². The van der Waals surface area contributed by atoms with Gasteiger partial charge in [-0.2, -0.15) is 13.2 Å². The molecule has 4 aromatic rings. The molecule has 0 amide bonds. The highest BCUT2D eigenvalue weighted by molar-refractivity contribution is 5.76. The lowest BCUT2D eigenvalue weighted by atomic mass is 10.1. The van der Waals surface area contributed by atoms with Crippen molar-refractivity contribution in [1.82, 2.24) is 4.98 Å². The lowest BCUT2D eigenvalue weighted by molar-refractivity contribution is -0.152. The van der Waals surface area contributed by atoms with Crippen molar-refractivity contribution in [3.8, 4) is 22.6 Å². The Morgan fingerprint density at radius 3 is 1.95 bits per heavy atom. The number of carboxylic acids is 1. The van der Waals surface area contributed by atoms with Gasteiger partial charge in [0.05, 0.1) is 12.7 Å². The standard InChI is InChI=1S/C32H31F3N2O4/c1-31(2,30(38)39)41-28-13-6-22(7-14-28)18-19-37(21-23-4-11-26(12-5-23)32(33,34)35)29-17-10-25(20-36-29)24-8-15-27(40-3)16-9-24/h4-17,20H,18-19,21H2,1-3H3,(H,38,39). The molecule has 4 rings (SSSR count). The molecule has 1 aromatic heterocycles. The Labute approximate surface area is 237 Å². The summed E-state index contributed by atoms with van der Waals surface area (Å²) in [5.41, 5.74) is 1.56. The molecule has 0 bridgehead atoms. The Hall–Kier alpha value is -4.53. The van der Waals surface area contributed by atoms with Gasteiger partial charge >= 0.3 is 12.1 Å². The molecule has 1 heterocycles. The van der Waals surface area contributed by atoms with Crippen LogP contribution in [0.15, 0.2) is 91.1 Å². The average molecular weight is 565 g/mol. The minimum atomic E-state index is -4.40. The number of rotatable bonds is 11. The highest BCUT2D eigenvalue weighted by Gasteiger charge is 2.30. The summed E-state index contributed by atoms with van der Waals surface area (Å²) in [6.45, 7) is 3.86. The van der Waals surface area contributed by atoms with Crippen molar-refractivity contribution in [2.75, 3.05) is 18.6 Å². The SMILES string of the molecule is COc1ccc(-c2ccc(N(CCc3ccc(OC(C)(C)C(=O)O)cc3)Cc3ccc(C(F)(F)F)cc3)nc2)cc1. The molecule has 0 saturated heterocycles. The number of hydrogen-bond acceptors (Lipinski definition) is 5. The summed E-state index contributed by atoms with van der Waals surface area (Å²) in [6, 6.07) is 23.8. The molecule has 0 saturated carbocycles. The summed E-state index contributed by atoms with van der Waals surface area (Å²) >= 11 is 0. The number of carbonyl (C=O) groups is 1. The fourth-order valence-corrected chi connectivity index (χ4v) is 4.15. The van der Waals surface area contributed by atoms with E-state index >= 15 is 0 Å². The number of carboxylic acid groups (broad SMARTS) is 1. The fraction of sp³-hybridized carbons (Fsp3) is 0.250. The first-order valence-electron chi connectivity index (χ1n) is 13.0. The van der Waals surface area contributed by atoms with Gasteiger partial charge < -0.3 is 19.5 Å². The molecule has 0 aliphatic heterocycles. The van der Waals surface area contributed by atoms with Crippen LogP contribution in [-0.2, 0) is 23.9 Å². The van der Waals surface area contributed by atoms with Gasteiger partial charge in [0.15, 0.2) is 5.60 Å². The van der Waals surface area contributed by atoms with E-state index in [1.54, 1.807) is 25.4 Å². The molecule has 3 aromatic carbocycles. The third-order valence-electron chi connectivity index (χ3n) is 6.63. The van der Waals surface area contributed by atoms with E-state index in [0.29, 0.717) is 31.1 Å². The second-order valence-corrected chi connectivity index (χ2v) is 10.1. The van der Waals surface area contributed by atoms with Gasteiger partial charge in [0.2, 0.25) is 0 Å². The first-order chi connectivity index (χ1) is 19.4. The first kappa shape index (κ1) is 29.5. The molecule has 0 radical (unpaired) electrons. The van der Waals surface area contributed by atoms with Crippen molar-refractivity contribution >= 4 is 11.8 Å². The van der Waals surface area contributed by atoms with Crippen molar-refractivity contribution in [2.24, 2.45) is 0 Å². The summed E-state index contributed by atoms with van der Waals surface area (Å²) in [4.78, 5) is 18.0. The second-order valence-electron chi connectivity index (χ2n) is 10.1. The number of nitrogens with zero attached hydrogens (tertiary/aromatic N) is 2. The maximum absolute atomic E-state index is 13.1. The maximum Gasteiger partial charge on any atom is 0.416 e. The lowest BCUT2D eigenvalue weighted by Gasteiger charge is -2.25. The highest BCUT2D eigenvalue weighted by atomic mass is 19.4. The molecule has 0 spiro atoms. The van der Waals surface area contributed by atoms with Gasteiger partial charge in [0.25, 0.3) is 0 Å². The third-order valence-corrected chi connectivity index (χ3v) is 6.63. The minimum Gasteiger partial charge on any atom is -0.497 e. The molecule has 0 unspecified atom stereocenters. The normalized spacial score (nSPS) is 11.7. The lowest BCUT2D eigenvalue weighted by Crippen LogP contribution is -2.37. The van der Waals surface area contributed by atoms with Gasteiger partial charge in [-0.25, -0.2) is 9.78 Å². The average Bonchev–Trinajstić information content (AvgIpc) is 2.96. The van der Waals surface area contributed by atoms with Crippen LogP contribution in [0, 0.1) is 0 Å². The van der Waals surface area contributed by atoms with Crippen LogP contribution >= 0.6 is 0 Å². The molecule has 9 heteroatoms. The number of pyridine rings is 1. The quantitative estimate of drug-likeness (QED) is 0.207. The van der Waals surface area contributed by atoms with Crippen molar-refractivity contribution in [2.45, 2.75) is 38.6 Å². The van der Waals surface area contributed by atoms with Crippen LogP contribution in [0.25, 0.3) is 11.1 Å². The van der Waals surface area contributed by atoms with Gasteiger partial charge in [-0.05, 0) is 85.5 Å². The molecule has 0 aliphatic carbocycles. The Bertz CT molecular complexity index is 1440. The molecule has 0 aliphatic rings. The van der Waals surface area contributed by atoms with Crippen LogP contribution in [0.4, 0.5) is 19.0 Å². The number of anilines is 1.